The molecule has 1 aromatic heterocycles. The fraction of sp³-hybridized carbons (Fsp3) is 0.579. The number of pyridine rings is 1. The summed E-state index contributed by atoms with van der Waals surface area (Å²) in [5.41, 5.74) is 6.82. The maximum atomic E-state index is 12.0. The first-order chi connectivity index (χ1) is 13.5. The second kappa shape index (κ2) is 14.3. The summed E-state index contributed by atoms with van der Waals surface area (Å²) in [4.78, 5) is 34.3. The number of aryl methyl sites for hydroxylation is 1. The van der Waals surface area contributed by atoms with Crippen molar-refractivity contribution in [3.05, 3.63) is 23.9 Å². The van der Waals surface area contributed by atoms with Crippen molar-refractivity contribution in [1.82, 2.24) is 10.3 Å². The van der Waals surface area contributed by atoms with Crippen LogP contribution in [0.3, 0.4) is 0 Å². The molecule has 2 rings (SSSR count). The third-order valence-electron chi connectivity index (χ3n) is 3.97. The maximum absolute atomic E-state index is 12.0. The molecule has 0 unspecified atom stereocenters. The molecule has 3 atom stereocenters. The number of hydrogen-bond donors (Lipinski definition) is 6. The Balaban J connectivity index is 0.000000837. The lowest BCUT2D eigenvalue weighted by Gasteiger charge is -2.29. The number of aliphatic hydroxyl groups is 1. The van der Waals surface area contributed by atoms with Gasteiger partial charge in [0.15, 0.2) is 0 Å². The lowest BCUT2D eigenvalue weighted by atomic mass is 9.84. The maximum Gasteiger partial charge on any atom is 0.300 e. The van der Waals surface area contributed by atoms with Crippen LogP contribution < -0.4 is 16.4 Å². The number of aliphatic carboxylic acids is 2. The largest absolute Gasteiger partial charge is 0.481 e. The summed E-state index contributed by atoms with van der Waals surface area (Å²) >= 11 is 0. The fourth-order valence-corrected chi connectivity index (χ4v) is 2.59. The van der Waals surface area contributed by atoms with E-state index in [1.54, 1.807) is 6.20 Å². The number of rotatable bonds is 5. The van der Waals surface area contributed by atoms with Gasteiger partial charge in [-0.2, -0.15) is 0 Å². The van der Waals surface area contributed by atoms with E-state index in [2.05, 4.69) is 15.6 Å². The topological polar surface area (TPSA) is 175 Å². The number of aliphatic hydroxyl groups excluding tert-OH is 1. The summed E-state index contributed by atoms with van der Waals surface area (Å²) in [5.74, 6) is -0.956. The highest BCUT2D eigenvalue weighted by Crippen LogP contribution is 2.23. The van der Waals surface area contributed by atoms with Gasteiger partial charge < -0.3 is 31.7 Å². The number of nitrogens with one attached hydrogen (secondary N) is 2. The first-order valence-corrected chi connectivity index (χ1v) is 9.30. The molecule has 0 bridgehead atoms. The van der Waals surface area contributed by atoms with Crippen LogP contribution in [0, 0.1) is 12.8 Å². The van der Waals surface area contributed by atoms with Gasteiger partial charge >= 0.3 is 0 Å². The smallest absolute Gasteiger partial charge is 0.300 e. The van der Waals surface area contributed by atoms with E-state index >= 15 is 0 Å². The molecule has 10 heteroatoms. The van der Waals surface area contributed by atoms with Crippen LogP contribution in [0.5, 0.6) is 0 Å². The van der Waals surface area contributed by atoms with Gasteiger partial charge in [-0.3, -0.25) is 14.4 Å². The van der Waals surface area contributed by atoms with Crippen molar-refractivity contribution in [2.45, 2.75) is 52.2 Å². The van der Waals surface area contributed by atoms with Crippen LogP contribution in [0.15, 0.2) is 18.3 Å². The quantitative estimate of drug-likeness (QED) is 0.378. The van der Waals surface area contributed by atoms with E-state index in [0.717, 1.165) is 31.6 Å². The number of carboxylic acid groups (broad SMARTS) is 2. The molecule has 7 N–H and O–H groups in total. The molecule has 0 aromatic carbocycles. The molecule has 0 aliphatic heterocycles. The number of anilines is 1. The van der Waals surface area contributed by atoms with Gasteiger partial charge in [-0.1, -0.05) is 6.07 Å². The lowest BCUT2D eigenvalue weighted by molar-refractivity contribution is -0.135. The van der Waals surface area contributed by atoms with Gasteiger partial charge in [0.25, 0.3) is 11.9 Å². The Bertz CT molecular complexity index is 635. The van der Waals surface area contributed by atoms with Crippen molar-refractivity contribution in [2.75, 3.05) is 18.4 Å². The number of carbonyl (C=O) groups is 3. The van der Waals surface area contributed by atoms with E-state index in [4.69, 9.17) is 25.5 Å². The van der Waals surface area contributed by atoms with Crippen molar-refractivity contribution in [3.8, 4) is 0 Å². The Morgan fingerprint density at radius 2 is 1.76 bits per heavy atom. The summed E-state index contributed by atoms with van der Waals surface area (Å²) in [6.07, 6.45) is 3.07. The van der Waals surface area contributed by atoms with Gasteiger partial charge in [0.2, 0.25) is 5.91 Å². The molecule has 0 radical (unpaired) electrons. The molecular weight excluding hydrogens is 380 g/mol. The molecule has 1 saturated carbocycles. The number of amides is 1. The molecule has 1 aromatic rings. The molecule has 1 amide bonds. The Hall–Kier alpha value is -2.72. The van der Waals surface area contributed by atoms with Gasteiger partial charge in [-0.25, -0.2) is 4.98 Å². The van der Waals surface area contributed by atoms with E-state index < -0.39 is 18.0 Å². The zero-order valence-corrected chi connectivity index (χ0v) is 17.1. The monoisotopic (exact) mass is 412 g/mol. The summed E-state index contributed by atoms with van der Waals surface area (Å²) in [7, 11) is 0. The number of carboxylic acids is 2. The van der Waals surface area contributed by atoms with Crippen LogP contribution in [0.2, 0.25) is 0 Å². The molecule has 0 saturated heterocycles. The van der Waals surface area contributed by atoms with Crippen LogP contribution >= 0.6 is 0 Å². The predicted molar refractivity (Wildman–Crippen MR) is 108 cm³/mol. The highest BCUT2D eigenvalue weighted by molar-refractivity contribution is 5.78. The lowest BCUT2D eigenvalue weighted by Crippen LogP contribution is -2.45. The Morgan fingerprint density at radius 1 is 1.17 bits per heavy atom. The number of nitrogens with two attached hydrogens (primary N) is 1. The van der Waals surface area contributed by atoms with E-state index in [-0.39, 0.29) is 17.9 Å². The summed E-state index contributed by atoms with van der Waals surface area (Å²) < 4.78 is 0. The Kier molecular flexibility index (Phi) is 13.0. The number of carbonyl (C=O) groups excluding carboxylic acids is 1. The second-order valence-corrected chi connectivity index (χ2v) is 6.67. The van der Waals surface area contributed by atoms with Gasteiger partial charge in [-0.15, -0.1) is 0 Å². The van der Waals surface area contributed by atoms with Gasteiger partial charge in [0, 0.05) is 45.1 Å². The third-order valence-corrected chi connectivity index (χ3v) is 3.97. The minimum Gasteiger partial charge on any atom is -0.481 e. The zero-order valence-electron chi connectivity index (χ0n) is 17.1. The molecular formula is C19H32N4O6. The van der Waals surface area contributed by atoms with Crippen LogP contribution in [-0.4, -0.2) is 63.4 Å². The standard InChI is InChI=1S/C15H24N4O2.2C2H4O2/c1-10-3-2-6-17-14(10)18-7-8-19-15(21)11-4-5-12(16)13(20)9-11;2*1-2(3)4/h2-3,6,11-13,20H,4-5,7-9,16H2,1H3,(H,17,18)(H,19,21);2*1H3,(H,3,4)/t11-,12-,13-;;/m0../s1. The van der Waals surface area contributed by atoms with Gasteiger partial charge in [0.05, 0.1) is 6.10 Å². The molecule has 10 nitrogen and oxygen atoms in total. The predicted octanol–water partition coefficient (Wildman–Crippen LogP) is 0.588. The number of aromatic nitrogens is 1. The van der Waals surface area contributed by atoms with Gasteiger partial charge in [-0.05, 0) is 37.8 Å². The SMILES string of the molecule is CC(=O)O.CC(=O)O.Cc1cccnc1NCCNC(=O)[C@H]1CC[C@H](N)[C@@H](O)C1. The molecule has 29 heavy (non-hydrogen) atoms. The van der Waals surface area contributed by atoms with E-state index in [1.165, 1.54) is 0 Å². The minimum atomic E-state index is -0.833. The van der Waals surface area contributed by atoms with Crippen molar-refractivity contribution in [2.24, 2.45) is 11.7 Å². The highest BCUT2D eigenvalue weighted by Gasteiger charge is 2.30. The Labute approximate surface area is 170 Å². The van der Waals surface area contributed by atoms with Crippen LogP contribution in [0.1, 0.15) is 38.7 Å². The minimum absolute atomic E-state index is 0.000456. The van der Waals surface area contributed by atoms with Crippen LogP contribution in [0.4, 0.5) is 5.82 Å². The first-order valence-electron chi connectivity index (χ1n) is 9.30. The van der Waals surface area contributed by atoms with Crippen molar-refractivity contribution in [1.29, 1.82) is 0 Å². The van der Waals surface area contributed by atoms with Crippen LogP contribution in [0.25, 0.3) is 0 Å². The molecule has 1 heterocycles. The zero-order chi connectivity index (χ0) is 22.4. The average molecular weight is 412 g/mol. The van der Waals surface area contributed by atoms with Crippen LogP contribution in [-0.2, 0) is 14.4 Å². The Morgan fingerprint density at radius 3 is 2.28 bits per heavy atom. The second-order valence-electron chi connectivity index (χ2n) is 6.67. The fourth-order valence-electron chi connectivity index (χ4n) is 2.59. The van der Waals surface area contributed by atoms with Gasteiger partial charge in [0.1, 0.15) is 5.82 Å². The van der Waals surface area contributed by atoms with Crippen molar-refractivity contribution >= 4 is 23.7 Å². The number of nitrogens with zero attached hydrogens (tertiary/aromatic N) is 1. The molecule has 1 aliphatic carbocycles. The third kappa shape index (κ3) is 13.1. The van der Waals surface area contributed by atoms with E-state index in [9.17, 15) is 9.90 Å². The normalized spacial score (nSPS) is 20.1. The first kappa shape index (κ1) is 26.3. The molecule has 0 spiro atoms. The highest BCUT2D eigenvalue weighted by atomic mass is 16.4. The molecule has 1 aliphatic rings. The van der Waals surface area contributed by atoms with E-state index in [0.29, 0.717) is 25.9 Å². The molecule has 1 fully saturated rings. The van der Waals surface area contributed by atoms with E-state index in [1.807, 2.05) is 19.1 Å². The average Bonchev–Trinajstić information content (AvgIpc) is 2.61. The van der Waals surface area contributed by atoms with Crippen molar-refractivity contribution in [3.63, 3.8) is 0 Å². The summed E-state index contributed by atoms with van der Waals surface area (Å²) in [6.45, 7) is 5.31. The van der Waals surface area contributed by atoms with Crippen molar-refractivity contribution < 1.29 is 29.7 Å². The summed E-state index contributed by atoms with van der Waals surface area (Å²) in [6, 6.07) is 3.69. The number of hydrogen-bond acceptors (Lipinski definition) is 7. The molecule has 164 valence electrons. The summed E-state index contributed by atoms with van der Waals surface area (Å²) in [5, 5.41) is 30.6.